The number of hydrogen-bond acceptors (Lipinski definition) is 6. The highest BCUT2D eigenvalue weighted by molar-refractivity contribution is 7.89. The minimum atomic E-state index is -3.62. The molecule has 156 valence electrons. The van der Waals surface area contributed by atoms with Crippen molar-refractivity contribution in [2.45, 2.75) is 37.5 Å². The molecule has 1 aromatic heterocycles. The van der Waals surface area contributed by atoms with Crippen molar-refractivity contribution in [2.24, 2.45) is 0 Å². The number of benzene rings is 1. The number of ether oxygens (including phenoxy) is 1. The lowest BCUT2D eigenvalue weighted by Gasteiger charge is -2.15. The number of nitrogens with one attached hydrogen (secondary N) is 1. The number of nitrogens with zero attached hydrogens (tertiary/aromatic N) is 1. The van der Waals surface area contributed by atoms with Crippen LogP contribution in [0.15, 0.2) is 28.5 Å². The van der Waals surface area contributed by atoms with Crippen molar-refractivity contribution < 1.29 is 22.7 Å². The Balaban J connectivity index is 1.65. The van der Waals surface area contributed by atoms with E-state index in [9.17, 15) is 18.0 Å². The molecule has 0 spiro atoms. The fourth-order valence-electron chi connectivity index (χ4n) is 3.17. The number of anilines is 1. The molecule has 9 heteroatoms. The fraction of sp³-hybridized carbons (Fsp3) is 0.400. The molecular weight excluding hydrogens is 412 g/mol. The molecule has 1 aromatic carbocycles. The lowest BCUT2D eigenvalue weighted by Crippen LogP contribution is -2.24. The van der Waals surface area contributed by atoms with Gasteiger partial charge >= 0.3 is 5.97 Å². The van der Waals surface area contributed by atoms with E-state index in [1.54, 1.807) is 29.7 Å². The molecule has 7 nitrogen and oxygen atoms in total. The summed E-state index contributed by atoms with van der Waals surface area (Å²) in [6.45, 7) is 1.32. The summed E-state index contributed by atoms with van der Waals surface area (Å²) < 4.78 is 30.9. The molecule has 2 aromatic rings. The first-order valence-corrected chi connectivity index (χ1v) is 11.6. The van der Waals surface area contributed by atoms with Crippen LogP contribution in [0.5, 0.6) is 0 Å². The number of esters is 1. The van der Waals surface area contributed by atoms with Crippen molar-refractivity contribution in [3.63, 3.8) is 0 Å². The normalized spacial score (nSPS) is 13.8. The fourth-order valence-corrected chi connectivity index (χ4v) is 5.21. The van der Waals surface area contributed by atoms with Crippen LogP contribution < -0.4 is 5.32 Å². The van der Waals surface area contributed by atoms with Crippen molar-refractivity contribution in [1.29, 1.82) is 0 Å². The molecule has 0 unspecified atom stereocenters. The van der Waals surface area contributed by atoms with Crippen molar-refractivity contribution in [2.75, 3.05) is 26.0 Å². The standard InChI is InChI=1S/C20H24N2O5S2/c1-13-8-9-14(29(25,26)22(2)3)10-17(13)21-19(23)11-27-20(24)16-12-28-18-7-5-4-6-15(16)18/h8-10,12H,4-7,11H2,1-3H3,(H,21,23). The molecule has 1 aliphatic rings. The van der Waals surface area contributed by atoms with E-state index in [1.165, 1.54) is 31.1 Å². The predicted molar refractivity (Wildman–Crippen MR) is 112 cm³/mol. The molecule has 0 fully saturated rings. The molecule has 0 bridgehead atoms. The Morgan fingerprint density at radius 2 is 1.93 bits per heavy atom. The lowest BCUT2D eigenvalue weighted by molar-refractivity contribution is -0.119. The first-order valence-electron chi connectivity index (χ1n) is 9.29. The van der Waals surface area contributed by atoms with Gasteiger partial charge in [-0.05, 0) is 55.9 Å². The maximum atomic E-state index is 12.4. The summed E-state index contributed by atoms with van der Waals surface area (Å²) in [5, 5.41) is 4.43. The molecule has 0 saturated heterocycles. The van der Waals surface area contributed by atoms with Crippen LogP contribution in [-0.2, 0) is 32.4 Å². The second-order valence-corrected chi connectivity index (χ2v) is 10.3. The average molecular weight is 437 g/mol. The third-order valence-electron chi connectivity index (χ3n) is 4.88. The third-order valence-corrected chi connectivity index (χ3v) is 7.78. The number of hydrogen-bond donors (Lipinski definition) is 1. The third kappa shape index (κ3) is 4.68. The van der Waals surface area contributed by atoms with Gasteiger partial charge in [0.2, 0.25) is 10.0 Å². The molecule has 1 amide bonds. The van der Waals surface area contributed by atoms with Gasteiger partial charge in [0.25, 0.3) is 5.91 Å². The van der Waals surface area contributed by atoms with Gasteiger partial charge in [-0.2, -0.15) is 0 Å². The zero-order valence-electron chi connectivity index (χ0n) is 16.6. The molecule has 29 heavy (non-hydrogen) atoms. The van der Waals surface area contributed by atoms with Crippen LogP contribution in [-0.4, -0.2) is 45.3 Å². The Kier molecular flexibility index (Phi) is 6.40. The smallest absolute Gasteiger partial charge is 0.339 e. The highest BCUT2D eigenvalue weighted by Crippen LogP contribution is 2.30. The Labute approximate surface area is 174 Å². The number of amides is 1. The van der Waals surface area contributed by atoms with Crippen molar-refractivity contribution in [3.05, 3.63) is 45.1 Å². The number of thiophene rings is 1. The Morgan fingerprint density at radius 3 is 2.66 bits per heavy atom. The first-order chi connectivity index (χ1) is 13.7. The van der Waals surface area contributed by atoms with Crippen LogP contribution in [0.25, 0.3) is 0 Å². The molecule has 1 N–H and O–H groups in total. The van der Waals surface area contributed by atoms with Gasteiger partial charge in [0.1, 0.15) is 0 Å². The second-order valence-electron chi connectivity index (χ2n) is 7.15. The Bertz CT molecular complexity index is 1040. The van der Waals surface area contributed by atoms with E-state index >= 15 is 0 Å². The second kappa shape index (κ2) is 8.64. The molecule has 0 atom stereocenters. The lowest BCUT2D eigenvalue weighted by atomic mass is 9.96. The van der Waals surface area contributed by atoms with Gasteiger partial charge in [0.05, 0.1) is 10.5 Å². The van der Waals surface area contributed by atoms with Crippen LogP contribution in [0.3, 0.4) is 0 Å². The number of carbonyl (C=O) groups is 2. The molecule has 0 saturated carbocycles. The maximum Gasteiger partial charge on any atom is 0.339 e. The highest BCUT2D eigenvalue weighted by Gasteiger charge is 2.22. The van der Waals surface area contributed by atoms with Gasteiger partial charge in [-0.25, -0.2) is 17.5 Å². The van der Waals surface area contributed by atoms with Crippen LogP contribution in [0, 0.1) is 6.92 Å². The minimum Gasteiger partial charge on any atom is -0.452 e. The van der Waals surface area contributed by atoms with Crippen molar-refractivity contribution in [3.8, 4) is 0 Å². The quantitative estimate of drug-likeness (QED) is 0.703. The summed E-state index contributed by atoms with van der Waals surface area (Å²) in [7, 11) is -0.737. The van der Waals surface area contributed by atoms with E-state index in [-0.39, 0.29) is 4.90 Å². The summed E-state index contributed by atoms with van der Waals surface area (Å²) in [6.07, 6.45) is 4.03. The van der Waals surface area contributed by atoms with E-state index in [4.69, 9.17) is 4.74 Å². The van der Waals surface area contributed by atoms with E-state index in [2.05, 4.69) is 5.32 Å². The minimum absolute atomic E-state index is 0.0743. The topological polar surface area (TPSA) is 92.8 Å². The average Bonchev–Trinajstić information content (AvgIpc) is 3.12. The number of aryl methyl sites for hydroxylation is 2. The number of sulfonamides is 1. The largest absolute Gasteiger partial charge is 0.452 e. The zero-order valence-corrected chi connectivity index (χ0v) is 18.3. The summed E-state index contributed by atoms with van der Waals surface area (Å²) in [5.74, 6) is -1.02. The monoisotopic (exact) mass is 436 g/mol. The van der Waals surface area contributed by atoms with Crippen LogP contribution in [0.2, 0.25) is 0 Å². The van der Waals surface area contributed by atoms with Gasteiger partial charge in [-0.3, -0.25) is 4.79 Å². The van der Waals surface area contributed by atoms with E-state index in [1.807, 2.05) is 0 Å². The van der Waals surface area contributed by atoms with E-state index in [0.717, 1.165) is 35.6 Å². The number of carbonyl (C=O) groups excluding carboxylic acids is 2. The van der Waals surface area contributed by atoms with Gasteiger partial charge in [0, 0.05) is 30.0 Å². The maximum absolute atomic E-state index is 12.4. The van der Waals surface area contributed by atoms with Crippen LogP contribution in [0.1, 0.15) is 39.2 Å². The molecule has 0 radical (unpaired) electrons. The number of rotatable bonds is 6. The zero-order chi connectivity index (χ0) is 21.2. The molecule has 1 heterocycles. The molecule has 1 aliphatic carbocycles. The van der Waals surface area contributed by atoms with Gasteiger partial charge in [0.15, 0.2) is 6.61 Å². The Morgan fingerprint density at radius 1 is 1.21 bits per heavy atom. The summed E-state index contributed by atoms with van der Waals surface area (Å²) in [5.41, 5.74) is 2.66. The van der Waals surface area contributed by atoms with Crippen LogP contribution in [0.4, 0.5) is 5.69 Å². The highest BCUT2D eigenvalue weighted by atomic mass is 32.2. The van der Waals surface area contributed by atoms with Gasteiger partial charge in [-0.15, -0.1) is 11.3 Å². The van der Waals surface area contributed by atoms with E-state index < -0.39 is 28.5 Å². The summed E-state index contributed by atoms with van der Waals surface area (Å²) in [4.78, 5) is 26.0. The number of fused-ring (bicyclic) bond motifs is 1. The van der Waals surface area contributed by atoms with Crippen molar-refractivity contribution >= 4 is 38.9 Å². The predicted octanol–water partition coefficient (Wildman–Crippen LogP) is 2.98. The van der Waals surface area contributed by atoms with Gasteiger partial charge < -0.3 is 10.1 Å². The Hall–Kier alpha value is -2.23. The van der Waals surface area contributed by atoms with Crippen molar-refractivity contribution in [1.82, 2.24) is 4.31 Å². The van der Waals surface area contributed by atoms with Gasteiger partial charge in [-0.1, -0.05) is 6.07 Å². The molecular formula is C20H24N2O5S2. The summed E-state index contributed by atoms with van der Waals surface area (Å²) >= 11 is 1.56. The SMILES string of the molecule is Cc1ccc(S(=O)(=O)N(C)C)cc1NC(=O)COC(=O)c1csc2c1CCCC2. The first kappa shape index (κ1) is 21.5. The summed E-state index contributed by atoms with van der Waals surface area (Å²) in [6, 6.07) is 4.51. The molecule has 0 aliphatic heterocycles. The molecule has 3 rings (SSSR count). The van der Waals surface area contributed by atoms with Crippen LogP contribution >= 0.6 is 11.3 Å². The van der Waals surface area contributed by atoms with E-state index in [0.29, 0.717) is 16.8 Å².